The lowest BCUT2D eigenvalue weighted by atomic mass is 9.98. The van der Waals surface area contributed by atoms with Gasteiger partial charge in [-0.2, -0.15) is 0 Å². The Hall–Kier alpha value is -1.51. The topological polar surface area (TPSA) is 52.0 Å². The number of nitrogens with zero attached hydrogens (tertiary/aromatic N) is 4. The third-order valence-corrected chi connectivity index (χ3v) is 3.05. The predicted octanol–water partition coefficient (Wildman–Crippen LogP) is 2.78. The quantitative estimate of drug-likeness (QED) is 0.433. The Morgan fingerprint density at radius 3 is 2.75 bits per heavy atom. The molecule has 1 unspecified atom stereocenters. The van der Waals surface area contributed by atoms with Gasteiger partial charge in [-0.1, -0.05) is 42.4 Å². The van der Waals surface area contributed by atoms with Crippen LogP contribution in [0.25, 0.3) is 10.4 Å². The summed E-state index contributed by atoms with van der Waals surface area (Å²) in [6.45, 7) is 5.08. The zero-order valence-electron chi connectivity index (χ0n) is 9.45. The molecule has 84 valence electrons. The van der Waals surface area contributed by atoms with E-state index in [-0.39, 0.29) is 6.04 Å². The monoisotopic (exact) mass is 216 g/mol. The fourth-order valence-corrected chi connectivity index (χ4v) is 2.11. The molecule has 1 fully saturated rings. The summed E-state index contributed by atoms with van der Waals surface area (Å²) < 4.78 is 0. The molecule has 0 aromatic heterocycles. The molecule has 0 amide bonds. The second-order valence-corrected chi connectivity index (χ2v) is 4.39. The second kappa shape index (κ2) is 5.01. The molecule has 1 aromatic rings. The fourth-order valence-electron chi connectivity index (χ4n) is 2.11. The van der Waals surface area contributed by atoms with Crippen LogP contribution in [0, 0.1) is 0 Å². The van der Waals surface area contributed by atoms with E-state index in [1.54, 1.807) is 0 Å². The molecule has 0 aliphatic carbocycles. The minimum absolute atomic E-state index is 0.188. The number of likely N-dealkylation sites (tertiary alicyclic amines) is 1. The molecule has 0 bridgehead atoms. The third kappa shape index (κ3) is 2.54. The third-order valence-electron chi connectivity index (χ3n) is 3.05. The highest BCUT2D eigenvalue weighted by Crippen LogP contribution is 2.20. The maximum atomic E-state index is 8.29. The average Bonchev–Trinajstić information content (AvgIpc) is 2.27. The second-order valence-electron chi connectivity index (χ2n) is 4.39. The van der Waals surface area contributed by atoms with Crippen LogP contribution < -0.4 is 0 Å². The van der Waals surface area contributed by atoms with Gasteiger partial charge in [0, 0.05) is 24.5 Å². The van der Waals surface area contributed by atoms with Gasteiger partial charge in [0.2, 0.25) is 0 Å². The van der Waals surface area contributed by atoms with Crippen LogP contribution in [0.15, 0.2) is 35.4 Å². The van der Waals surface area contributed by atoms with Crippen molar-refractivity contribution in [1.29, 1.82) is 0 Å². The number of azide groups is 1. The molecular formula is C12H16N4. The molecule has 0 radical (unpaired) electrons. The van der Waals surface area contributed by atoms with Crippen molar-refractivity contribution in [2.75, 3.05) is 19.6 Å². The van der Waals surface area contributed by atoms with Crippen LogP contribution in [-0.2, 0) is 0 Å². The summed E-state index contributed by atoms with van der Waals surface area (Å²) in [6.07, 6.45) is 0. The van der Waals surface area contributed by atoms with Gasteiger partial charge in [-0.3, -0.25) is 0 Å². The van der Waals surface area contributed by atoms with E-state index in [2.05, 4.69) is 46.1 Å². The molecule has 1 aliphatic heterocycles. The van der Waals surface area contributed by atoms with Gasteiger partial charge in [0.1, 0.15) is 0 Å². The Bertz CT molecular complexity index is 377. The van der Waals surface area contributed by atoms with E-state index in [9.17, 15) is 0 Å². The molecule has 4 heteroatoms. The van der Waals surface area contributed by atoms with E-state index in [0.29, 0.717) is 5.92 Å². The van der Waals surface area contributed by atoms with Crippen molar-refractivity contribution in [2.24, 2.45) is 5.11 Å². The van der Waals surface area contributed by atoms with Crippen LogP contribution in [0.2, 0.25) is 0 Å². The van der Waals surface area contributed by atoms with Crippen LogP contribution in [0.1, 0.15) is 18.4 Å². The van der Waals surface area contributed by atoms with Crippen LogP contribution in [0.5, 0.6) is 0 Å². The lowest BCUT2D eigenvalue weighted by molar-refractivity contribution is 0.143. The van der Waals surface area contributed by atoms with Gasteiger partial charge in [-0.15, -0.1) is 0 Å². The van der Waals surface area contributed by atoms with Crippen molar-refractivity contribution in [2.45, 2.75) is 18.9 Å². The molecule has 1 heterocycles. The number of hydrogen-bond acceptors (Lipinski definition) is 2. The minimum Gasteiger partial charge on any atom is -0.302 e. The molecule has 0 saturated carbocycles. The molecular weight excluding hydrogens is 200 g/mol. The van der Waals surface area contributed by atoms with E-state index < -0.39 is 0 Å². The van der Waals surface area contributed by atoms with E-state index in [1.165, 1.54) is 5.56 Å². The van der Waals surface area contributed by atoms with Gasteiger partial charge in [0.15, 0.2) is 0 Å². The lowest BCUT2D eigenvalue weighted by Crippen LogP contribution is -2.50. The van der Waals surface area contributed by atoms with Gasteiger partial charge in [-0.05, 0) is 17.0 Å². The Morgan fingerprint density at radius 2 is 2.12 bits per heavy atom. The zero-order chi connectivity index (χ0) is 11.4. The average molecular weight is 216 g/mol. The summed E-state index contributed by atoms with van der Waals surface area (Å²) in [5.41, 5.74) is 9.66. The predicted molar refractivity (Wildman–Crippen MR) is 64.2 cm³/mol. The number of benzene rings is 1. The van der Waals surface area contributed by atoms with Gasteiger partial charge < -0.3 is 4.90 Å². The van der Waals surface area contributed by atoms with Crippen molar-refractivity contribution in [3.05, 3.63) is 46.3 Å². The smallest absolute Gasteiger partial charge is 0.0628 e. The van der Waals surface area contributed by atoms with Gasteiger partial charge in [-0.25, -0.2) is 0 Å². The highest BCUT2D eigenvalue weighted by atomic mass is 15.3. The van der Waals surface area contributed by atoms with E-state index in [4.69, 9.17) is 5.53 Å². The molecule has 0 N–H and O–H groups in total. The molecule has 4 nitrogen and oxygen atoms in total. The van der Waals surface area contributed by atoms with Crippen molar-refractivity contribution in [1.82, 2.24) is 4.90 Å². The SMILES string of the molecule is CC(CN1CC(N=[N+]=[N-])C1)c1ccccc1. The maximum Gasteiger partial charge on any atom is 0.0628 e. The highest BCUT2D eigenvalue weighted by Gasteiger charge is 2.26. The summed E-state index contributed by atoms with van der Waals surface area (Å²) in [4.78, 5) is 5.16. The zero-order valence-corrected chi connectivity index (χ0v) is 9.45. The number of rotatable bonds is 4. The first-order chi connectivity index (χ1) is 7.79. The van der Waals surface area contributed by atoms with Crippen molar-refractivity contribution in [3.63, 3.8) is 0 Å². The molecule has 0 spiro atoms. The van der Waals surface area contributed by atoms with Crippen LogP contribution >= 0.6 is 0 Å². The summed E-state index contributed by atoms with van der Waals surface area (Å²) in [7, 11) is 0. The summed E-state index contributed by atoms with van der Waals surface area (Å²) >= 11 is 0. The van der Waals surface area contributed by atoms with Gasteiger partial charge in [0.05, 0.1) is 6.04 Å². The summed E-state index contributed by atoms with van der Waals surface area (Å²) in [6, 6.07) is 10.7. The Labute approximate surface area is 95.5 Å². The largest absolute Gasteiger partial charge is 0.302 e. The summed E-state index contributed by atoms with van der Waals surface area (Å²) in [5, 5.41) is 3.70. The van der Waals surface area contributed by atoms with Gasteiger partial charge in [0.25, 0.3) is 0 Å². The first-order valence-electron chi connectivity index (χ1n) is 5.61. The fraction of sp³-hybridized carbons (Fsp3) is 0.500. The molecule has 16 heavy (non-hydrogen) atoms. The number of hydrogen-bond donors (Lipinski definition) is 0. The first-order valence-corrected chi connectivity index (χ1v) is 5.61. The Kier molecular flexibility index (Phi) is 3.44. The van der Waals surface area contributed by atoms with Gasteiger partial charge >= 0.3 is 0 Å². The van der Waals surface area contributed by atoms with E-state index in [0.717, 1.165) is 19.6 Å². The maximum absolute atomic E-state index is 8.29. The van der Waals surface area contributed by atoms with Crippen molar-refractivity contribution >= 4 is 0 Å². The van der Waals surface area contributed by atoms with Crippen LogP contribution in [0.3, 0.4) is 0 Å². The molecule has 1 saturated heterocycles. The van der Waals surface area contributed by atoms with Crippen LogP contribution in [0.4, 0.5) is 0 Å². The standard InChI is InChI=1S/C12H16N4/c1-10(11-5-3-2-4-6-11)7-16-8-12(9-16)14-15-13/h2-6,10,12H,7-9H2,1H3. The normalized spacial score (nSPS) is 18.6. The van der Waals surface area contributed by atoms with E-state index in [1.807, 2.05) is 6.07 Å². The van der Waals surface area contributed by atoms with E-state index >= 15 is 0 Å². The molecule has 1 atom stereocenters. The Balaban J connectivity index is 1.82. The van der Waals surface area contributed by atoms with Crippen molar-refractivity contribution in [3.8, 4) is 0 Å². The van der Waals surface area contributed by atoms with Crippen molar-refractivity contribution < 1.29 is 0 Å². The first kappa shape index (κ1) is 11.0. The lowest BCUT2D eigenvalue weighted by Gasteiger charge is -2.38. The highest BCUT2D eigenvalue weighted by molar-refractivity contribution is 5.19. The molecule has 1 aromatic carbocycles. The Morgan fingerprint density at radius 1 is 1.44 bits per heavy atom. The summed E-state index contributed by atoms with van der Waals surface area (Å²) in [5.74, 6) is 0.535. The minimum atomic E-state index is 0.188. The van der Waals surface area contributed by atoms with Crippen LogP contribution in [-0.4, -0.2) is 30.6 Å². The molecule has 1 aliphatic rings. The molecule has 2 rings (SSSR count).